The van der Waals surface area contributed by atoms with E-state index in [1.165, 1.54) is 12.4 Å². The zero-order valence-electron chi connectivity index (χ0n) is 24.7. The van der Waals surface area contributed by atoms with Crippen LogP contribution in [0.2, 0.25) is 0 Å². The number of nitrogens with zero attached hydrogens (tertiary/aromatic N) is 5. The smallest absolute Gasteiger partial charge is 0.408 e. The van der Waals surface area contributed by atoms with Crippen molar-refractivity contribution in [3.63, 3.8) is 0 Å². The van der Waals surface area contributed by atoms with E-state index in [-0.39, 0.29) is 17.7 Å². The van der Waals surface area contributed by atoms with Crippen LogP contribution in [0.5, 0.6) is 0 Å². The Kier molecular flexibility index (Phi) is 9.19. The van der Waals surface area contributed by atoms with Crippen molar-refractivity contribution in [2.24, 2.45) is 0 Å². The fourth-order valence-electron chi connectivity index (χ4n) is 4.47. The van der Waals surface area contributed by atoms with Crippen LogP contribution >= 0.6 is 0 Å². The molecule has 0 spiro atoms. The van der Waals surface area contributed by atoms with Crippen molar-refractivity contribution in [3.8, 4) is 5.69 Å². The molecule has 4 aromatic rings. The lowest BCUT2D eigenvalue weighted by Gasteiger charge is -2.25. The van der Waals surface area contributed by atoms with Gasteiger partial charge in [-0.05, 0) is 57.9 Å². The zero-order valence-corrected chi connectivity index (χ0v) is 24.7. The molecule has 0 fully saturated rings. The third kappa shape index (κ3) is 6.91. The van der Waals surface area contributed by atoms with Gasteiger partial charge in [0.15, 0.2) is 0 Å². The summed E-state index contributed by atoms with van der Waals surface area (Å²) in [4.78, 5) is 54.3. The molecule has 11 heteroatoms. The number of hydrogen-bond acceptors (Lipinski definition) is 9. The first-order valence-corrected chi connectivity index (χ1v) is 13.8. The topological polar surface area (TPSA) is 129 Å². The number of para-hydroxylation sites is 1. The van der Waals surface area contributed by atoms with Crippen molar-refractivity contribution in [1.82, 2.24) is 24.8 Å². The number of amides is 1. The fraction of sp³-hybridized carbons (Fsp3) is 0.355. The predicted molar refractivity (Wildman–Crippen MR) is 160 cm³/mol. The van der Waals surface area contributed by atoms with Crippen LogP contribution in [0.15, 0.2) is 65.7 Å². The Balaban J connectivity index is 1.77. The summed E-state index contributed by atoms with van der Waals surface area (Å²) in [5, 5.41) is 3.33. The molecule has 4 rings (SSSR count). The van der Waals surface area contributed by atoms with E-state index in [4.69, 9.17) is 14.5 Å². The molecule has 0 aliphatic heterocycles. The maximum Gasteiger partial charge on any atom is 0.408 e. The van der Waals surface area contributed by atoms with Crippen LogP contribution in [-0.4, -0.2) is 50.8 Å². The van der Waals surface area contributed by atoms with E-state index >= 15 is 0 Å². The van der Waals surface area contributed by atoms with Crippen molar-refractivity contribution >= 4 is 28.9 Å². The van der Waals surface area contributed by atoms with Gasteiger partial charge in [-0.15, -0.1) is 0 Å². The van der Waals surface area contributed by atoms with Crippen molar-refractivity contribution < 1.29 is 19.1 Å². The second-order valence-electron chi connectivity index (χ2n) is 10.7. The SMILES string of the molecule is CCOC(=O)c1cnc(N(C)Cc2cccc3nc([C@H](CC)NC(=O)OC(C)(C)C)n(-c4ccccc4)c(=O)c23)nc1. The monoisotopic (exact) mass is 572 g/mol. The number of fused-ring (bicyclic) bond motifs is 1. The Hall–Kier alpha value is -4.80. The summed E-state index contributed by atoms with van der Waals surface area (Å²) >= 11 is 0. The van der Waals surface area contributed by atoms with Crippen LogP contribution in [0, 0.1) is 0 Å². The minimum Gasteiger partial charge on any atom is -0.462 e. The van der Waals surface area contributed by atoms with E-state index in [9.17, 15) is 14.4 Å². The Morgan fingerprint density at radius 1 is 1.02 bits per heavy atom. The van der Waals surface area contributed by atoms with Gasteiger partial charge in [-0.3, -0.25) is 9.36 Å². The quantitative estimate of drug-likeness (QED) is 0.277. The summed E-state index contributed by atoms with van der Waals surface area (Å²) in [5.74, 6) is 0.284. The van der Waals surface area contributed by atoms with E-state index in [0.29, 0.717) is 41.3 Å². The van der Waals surface area contributed by atoms with Crippen LogP contribution in [0.25, 0.3) is 16.6 Å². The molecular weight excluding hydrogens is 536 g/mol. The maximum atomic E-state index is 14.3. The van der Waals surface area contributed by atoms with Crippen molar-refractivity contribution in [3.05, 3.63) is 88.2 Å². The molecule has 42 heavy (non-hydrogen) atoms. The normalized spacial score (nSPS) is 12.0. The first kappa shape index (κ1) is 30.2. The van der Waals surface area contributed by atoms with Gasteiger partial charge >= 0.3 is 12.1 Å². The number of alkyl carbamates (subject to hydrolysis) is 1. The summed E-state index contributed by atoms with van der Waals surface area (Å²) in [7, 11) is 1.80. The van der Waals surface area contributed by atoms with Gasteiger partial charge in [0, 0.05) is 26.0 Å². The molecule has 0 aliphatic carbocycles. The van der Waals surface area contributed by atoms with Crippen LogP contribution in [0.1, 0.15) is 68.8 Å². The molecule has 2 aromatic carbocycles. The molecule has 0 unspecified atom stereocenters. The number of hydrogen-bond donors (Lipinski definition) is 1. The molecule has 0 aliphatic rings. The Morgan fingerprint density at radius 3 is 2.33 bits per heavy atom. The van der Waals surface area contributed by atoms with Crippen LogP contribution in [-0.2, 0) is 16.0 Å². The molecule has 2 heterocycles. The third-order valence-corrected chi connectivity index (χ3v) is 6.33. The number of benzene rings is 2. The summed E-state index contributed by atoms with van der Waals surface area (Å²) in [6.45, 7) is 9.57. The Labute approximate surface area is 244 Å². The van der Waals surface area contributed by atoms with E-state index in [1.807, 2.05) is 49.4 Å². The number of esters is 1. The zero-order chi connectivity index (χ0) is 30.4. The van der Waals surface area contributed by atoms with E-state index in [2.05, 4.69) is 15.3 Å². The standard InChI is InChI=1S/C31H36N6O5/c1-7-23(35-30(40)42-31(3,4)5)26-34-24-16-12-13-20(25(24)27(38)37(26)22-14-10-9-11-15-22)19-36(6)29-32-17-21(18-33-29)28(39)41-8-2/h9-18,23H,7-8,19H2,1-6H3,(H,35,40)/t23-/m0/s1. The van der Waals surface area contributed by atoms with Gasteiger partial charge in [0.2, 0.25) is 5.95 Å². The Bertz CT molecular complexity index is 1610. The lowest BCUT2D eigenvalue weighted by Crippen LogP contribution is -2.38. The average molecular weight is 573 g/mol. The molecule has 1 amide bonds. The molecule has 0 saturated heterocycles. The van der Waals surface area contributed by atoms with Gasteiger partial charge in [0.05, 0.1) is 34.8 Å². The molecule has 0 bridgehead atoms. The van der Waals surface area contributed by atoms with Gasteiger partial charge in [-0.2, -0.15) is 0 Å². The molecule has 2 aromatic heterocycles. The van der Waals surface area contributed by atoms with Gasteiger partial charge in [-0.1, -0.05) is 37.3 Å². The van der Waals surface area contributed by atoms with Gasteiger partial charge in [-0.25, -0.2) is 24.5 Å². The number of carbonyl (C=O) groups excluding carboxylic acids is 2. The number of ether oxygens (including phenoxy) is 2. The first-order chi connectivity index (χ1) is 20.0. The van der Waals surface area contributed by atoms with Crippen molar-refractivity contribution in [1.29, 1.82) is 0 Å². The molecule has 1 N–H and O–H groups in total. The van der Waals surface area contributed by atoms with Gasteiger partial charge < -0.3 is 19.7 Å². The van der Waals surface area contributed by atoms with Crippen molar-refractivity contribution in [2.75, 3.05) is 18.6 Å². The molecule has 11 nitrogen and oxygen atoms in total. The van der Waals surface area contributed by atoms with Gasteiger partial charge in [0.25, 0.3) is 5.56 Å². The average Bonchev–Trinajstić information content (AvgIpc) is 2.95. The highest BCUT2D eigenvalue weighted by Gasteiger charge is 2.25. The molecule has 1 atom stereocenters. The van der Waals surface area contributed by atoms with Crippen LogP contribution in [0.3, 0.4) is 0 Å². The fourth-order valence-corrected chi connectivity index (χ4v) is 4.47. The molecular formula is C31H36N6O5. The maximum absolute atomic E-state index is 14.3. The largest absolute Gasteiger partial charge is 0.462 e. The minimum atomic E-state index is -0.679. The predicted octanol–water partition coefficient (Wildman–Crippen LogP) is 4.96. The number of nitrogens with one attached hydrogen (secondary N) is 1. The molecule has 0 radical (unpaired) electrons. The third-order valence-electron chi connectivity index (χ3n) is 6.33. The van der Waals surface area contributed by atoms with E-state index < -0.39 is 23.7 Å². The molecule has 0 saturated carbocycles. The first-order valence-electron chi connectivity index (χ1n) is 13.8. The second-order valence-corrected chi connectivity index (χ2v) is 10.7. The number of rotatable bonds is 9. The summed E-state index contributed by atoms with van der Waals surface area (Å²) in [6.07, 6.45) is 2.72. The lowest BCUT2D eigenvalue weighted by atomic mass is 10.1. The number of carbonyl (C=O) groups is 2. The minimum absolute atomic E-state index is 0.257. The summed E-state index contributed by atoms with van der Waals surface area (Å²) in [6, 6.07) is 14.1. The van der Waals surface area contributed by atoms with Crippen LogP contribution in [0.4, 0.5) is 10.7 Å². The van der Waals surface area contributed by atoms with Crippen LogP contribution < -0.4 is 15.8 Å². The highest BCUT2D eigenvalue weighted by molar-refractivity contribution is 5.88. The highest BCUT2D eigenvalue weighted by atomic mass is 16.6. The summed E-state index contributed by atoms with van der Waals surface area (Å²) < 4.78 is 12.0. The highest BCUT2D eigenvalue weighted by Crippen LogP contribution is 2.24. The number of anilines is 1. The second kappa shape index (κ2) is 12.8. The van der Waals surface area contributed by atoms with Gasteiger partial charge in [0.1, 0.15) is 11.4 Å². The Morgan fingerprint density at radius 2 is 1.71 bits per heavy atom. The lowest BCUT2D eigenvalue weighted by molar-refractivity contribution is 0.0495. The van der Waals surface area contributed by atoms with Crippen molar-refractivity contribution in [2.45, 2.75) is 59.2 Å². The number of aromatic nitrogens is 4. The van der Waals surface area contributed by atoms with E-state index in [1.54, 1.807) is 50.3 Å². The molecule has 220 valence electrons. The van der Waals surface area contributed by atoms with E-state index in [0.717, 1.165) is 5.56 Å². The summed E-state index contributed by atoms with van der Waals surface area (Å²) in [5.41, 5.74) is 1.14.